The molecule has 0 aromatic rings. The first-order valence-corrected chi connectivity index (χ1v) is 4.43. The molecule has 11 heavy (non-hydrogen) atoms. The Labute approximate surface area is 70.0 Å². The molecule has 1 aliphatic rings. The Kier molecular flexibility index (Phi) is 2.22. The van der Waals surface area contributed by atoms with Gasteiger partial charge in [-0.3, -0.25) is 0 Å². The Balaban J connectivity index is 2.82. The lowest BCUT2D eigenvalue weighted by Gasteiger charge is -2.26. The van der Waals surface area contributed by atoms with Gasteiger partial charge in [-0.15, -0.1) is 0 Å². The summed E-state index contributed by atoms with van der Waals surface area (Å²) in [6, 6.07) is 0. The monoisotopic (exact) mass is 150 g/mol. The summed E-state index contributed by atoms with van der Waals surface area (Å²) in [7, 11) is 0. The summed E-state index contributed by atoms with van der Waals surface area (Å²) in [5, 5.41) is 0. The molecular weight excluding hydrogens is 132 g/mol. The van der Waals surface area contributed by atoms with Crippen LogP contribution in [0.1, 0.15) is 40.5 Å². The van der Waals surface area contributed by atoms with Crippen molar-refractivity contribution in [1.29, 1.82) is 0 Å². The van der Waals surface area contributed by atoms with E-state index in [-0.39, 0.29) is 0 Å². The minimum atomic E-state index is 0.392. The number of rotatable bonds is 1. The van der Waals surface area contributed by atoms with Gasteiger partial charge in [0.15, 0.2) is 0 Å². The summed E-state index contributed by atoms with van der Waals surface area (Å²) in [4.78, 5) is 0. The Bertz CT molecular complexity index is 204. The van der Waals surface area contributed by atoms with Crippen molar-refractivity contribution in [2.75, 3.05) is 0 Å². The second kappa shape index (κ2) is 2.84. The molecule has 0 aromatic heterocycles. The van der Waals surface area contributed by atoms with Gasteiger partial charge in [0.05, 0.1) is 0 Å². The molecule has 0 aromatic carbocycles. The molecule has 0 nitrogen and oxygen atoms in total. The van der Waals surface area contributed by atoms with Crippen LogP contribution < -0.4 is 0 Å². The third kappa shape index (κ3) is 1.95. The smallest absolute Gasteiger partial charge is 0.0134 e. The fourth-order valence-electron chi connectivity index (χ4n) is 1.74. The Morgan fingerprint density at radius 1 is 1.45 bits per heavy atom. The average Bonchev–Trinajstić information content (AvgIpc) is 1.86. The summed E-state index contributed by atoms with van der Waals surface area (Å²) in [5.41, 5.74) is 3.49. The molecule has 0 N–H and O–H groups in total. The lowest BCUT2D eigenvalue weighted by atomic mass is 9.79. The maximum Gasteiger partial charge on any atom is -0.0134 e. The van der Waals surface area contributed by atoms with Crippen LogP contribution in [0, 0.1) is 5.41 Å². The molecule has 0 heterocycles. The number of hydrogen-bond donors (Lipinski definition) is 0. The first-order chi connectivity index (χ1) is 5.05. The van der Waals surface area contributed by atoms with E-state index in [9.17, 15) is 0 Å². The highest BCUT2D eigenvalue weighted by Gasteiger charge is 2.18. The van der Waals surface area contributed by atoms with Crippen LogP contribution in [0.3, 0.4) is 0 Å². The van der Waals surface area contributed by atoms with Gasteiger partial charge in [0, 0.05) is 0 Å². The SMILES string of the molecule is CCC1=C(C)CC(C)(C)C=C1. The predicted octanol–water partition coefficient (Wildman–Crippen LogP) is 3.70. The fraction of sp³-hybridized carbons (Fsp3) is 0.636. The Hall–Kier alpha value is -0.520. The van der Waals surface area contributed by atoms with E-state index in [4.69, 9.17) is 0 Å². The maximum absolute atomic E-state index is 2.33. The molecule has 0 spiro atoms. The van der Waals surface area contributed by atoms with Crippen molar-refractivity contribution in [3.8, 4) is 0 Å². The predicted molar refractivity (Wildman–Crippen MR) is 50.5 cm³/mol. The molecule has 0 saturated heterocycles. The Morgan fingerprint density at radius 3 is 2.55 bits per heavy atom. The zero-order valence-electron chi connectivity index (χ0n) is 8.07. The Morgan fingerprint density at radius 2 is 2.09 bits per heavy atom. The van der Waals surface area contributed by atoms with Crippen molar-refractivity contribution in [3.63, 3.8) is 0 Å². The van der Waals surface area contributed by atoms with Crippen LogP contribution in [0.2, 0.25) is 0 Å². The number of allylic oxidation sites excluding steroid dienone is 4. The summed E-state index contributed by atoms with van der Waals surface area (Å²) < 4.78 is 0. The molecule has 0 radical (unpaired) electrons. The molecule has 62 valence electrons. The zero-order valence-corrected chi connectivity index (χ0v) is 8.07. The molecule has 0 fully saturated rings. The van der Waals surface area contributed by atoms with Crippen LogP contribution >= 0.6 is 0 Å². The zero-order chi connectivity index (χ0) is 8.48. The van der Waals surface area contributed by atoms with Crippen molar-refractivity contribution in [1.82, 2.24) is 0 Å². The largest absolute Gasteiger partial charge is 0.0783 e. The van der Waals surface area contributed by atoms with Gasteiger partial charge in [0.2, 0.25) is 0 Å². The summed E-state index contributed by atoms with van der Waals surface area (Å²) in [6.45, 7) is 9.06. The molecule has 0 amide bonds. The summed E-state index contributed by atoms with van der Waals surface area (Å²) >= 11 is 0. The van der Waals surface area contributed by atoms with E-state index in [1.165, 1.54) is 18.4 Å². The van der Waals surface area contributed by atoms with Crippen molar-refractivity contribution in [3.05, 3.63) is 23.3 Å². The van der Waals surface area contributed by atoms with Crippen LogP contribution in [-0.2, 0) is 0 Å². The van der Waals surface area contributed by atoms with Gasteiger partial charge < -0.3 is 0 Å². The van der Waals surface area contributed by atoms with Gasteiger partial charge in [-0.2, -0.15) is 0 Å². The normalized spacial score (nSPS) is 22.5. The van der Waals surface area contributed by atoms with Crippen molar-refractivity contribution in [2.45, 2.75) is 40.5 Å². The third-order valence-corrected chi connectivity index (χ3v) is 2.39. The lowest BCUT2D eigenvalue weighted by Crippen LogP contribution is -2.12. The van der Waals surface area contributed by atoms with Crippen LogP contribution in [0.5, 0.6) is 0 Å². The van der Waals surface area contributed by atoms with Crippen LogP contribution in [0.15, 0.2) is 23.3 Å². The van der Waals surface area contributed by atoms with Gasteiger partial charge in [-0.05, 0) is 30.8 Å². The van der Waals surface area contributed by atoms with Gasteiger partial charge in [-0.1, -0.05) is 38.5 Å². The van der Waals surface area contributed by atoms with Crippen LogP contribution in [-0.4, -0.2) is 0 Å². The van der Waals surface area contributed by atoms with E-state index in [2.05, 4.69) is 39.8 Å². The standard InChI is InChI=1S/C11H18/c1-5-10-6-7-11(3,4)8-9(10)2/h6-7H,5,8H2,1-4H3. The summed E-state index contributed by atoms with van der Waals surface area (Å²) in [6.07, 6.45) is 7.03. The van der Waals surface area contributed by atoms with Crippen LogP contribution in [0.25, 0.3) is 0 Å². The van der Waals surface area contributed by atoms with Crippen LogP contribution in [0.4, 0.5) is 0 Å². The second-order valence-corrected chi connectivity index (χ2v) is 4.16. The molecule has 1 rings (SSSR count). The lowest BCUT2D eigenvalue weighted by molar-refractivity contribution is 0.466. The minimum absolute atomic E-state index is 0.392. The topological polar surface area (TPSA) is 0 Å². The molecule has 0 bridgehead atoms. The summed E-state index contributed by atoms with van der Waals surface area (Å²) in [5.74, 6) is 0. The molecule has 0 aliphatic heterocycles. The van der Waals surface area contributed by atoms with Gasteiger partial charge >= 0.3 is 0 Å². The van der Waals surface area contributed by atoms with E-state index in [1.807, 2.05) is 0 Å². The highest BCUT2D eigenvalue weighted by Crippen LogP contribution is 2.33. The van der Waals surface area contributed by atoms with E-state index in [1.54, 1.807) is 5.57 Å². The van der Waals surface area contributed by atoms with Crippen molar-refractivity contribution >= 4 is 0 Å². The third-order valence-electron chi connectivity index (χ3n) is 2.39. The van der Waals surface area contributed by atoms with E-state index < -0.39 is 0 Å². The molecular formula is C11H18. The van der Waals surface area contributed by atoms with E-state index in [0.717, 1.165) is 0 Å². The van der Waals surface area contributed by atoms with Crippen molar-refractivity contribution < 1.29 is 0 Å². The molecule has 0 saturated carbocycles. The molecule has 0 heteroatoms. The number of hydrogen-bond acceptors (Lipinski definition) is 0. The van der Waals surface area contributed by atoms with E-state index in [0.29, 0.717) is 5.41 Å². The second-order valence-electron chi connectivity index (χ2n) is 4.16. The van der Waals surface area contributed by atoms with Gasteiger partial charge in [-0.25, -0.2) is 0 Å². The molecule has 0 unspecified atom stereocenters. The molecule has 0 atom stereocenters. The first-order valence-electron chi connectivity index (χ1n) is 4.43. The highest BCUT2D eigenvalue weighted by molar-refractivity contribution is 5.30. The van der Waals surface area contributed by atoms with Crippen molar-refractivity contribution in [2.24, 2.45) is 5.41 Å². The average molecular weight is 150 g/mol. The minimum Gasteiger partial charge on any atom is -0.0783 e. The van der Waals surface area contributed by atoms with Gasteiger partial charge in [0.1, 0.15) is 0 Å². The van der Waals surface area contributed by atoms with Gasteiger partial charge in [0.25, 0.3) is 0 Å². The van der Waals surface area contributed by atoms with E-state index >= 15 is 0 Å². The maximum atomic E-state index is 2.33. The molecule has 1 aliphatic carbocycles. The first kappa shape index (κ1) is 8.58. The fourth-order valence-corrected chi connectivity index (χ4v) is 1.74. The highest BCUT2D eigenvalue weighted by atomic mass is 14.2. The quantitative estimate of drug-likeness (QED) is 0.534.